The Kier molecular flexibility index (Phi) is 5.56. The van der Waals surface area contributed by atoms with Crippen LogP contribution in [-0.2, 0) is 28.7 Å². The fraction of sp³-hybridized carbons (Fsp3) is 0.600. The smallest absolute Gasteiger partial charge is 0.303 e. The van der Waals surface area contributed by atoms with E-state index >= 15 is 0 Å². The van der Waals surface area contributed by atoms with Gasteiger partial charge in [0.1, 0.15) is 12.2 Å². The molecule has 2 fully saturated rings. The van der Waals surface area contributed by atoms with Crippen LogP contribution in [0.4, 0.5) is 0 Å². The standard InChI is InChI=1S/C30H36O7/c1-16(31)36-24-25-27(3,4)22(34)9-12-29(25,6)20-8-11-28(5)21(30(20,7)26(24)37-17(2)32)14-19(33)23(28)18-10-13-35-15-18/h9-10,12-15,20,23-26H,8,11H2,1-7H3. The van der Waals surface area contributed by atoms with Gasteiger partial charge < -0.3 is 13.9 Å². The quantitative estimate of drug-likeness (QED) is 0.532. The van der Waals surface area contributed by atoms with Gasteiger partial charge in [-0.15, -0.1) is 0 Å². The van der Waals surface area contributed by atoms with Crippen LogP contribution in [0, 0.1) is 33.5 Å². The van der Waals surface area contributed by atoms with Crippen LogP contribution in [0.2, 0.25) is 0 Å². The number of carbonyl (C=O) groups is 4. The van der Waals surface area contributed by atoms with Gasteiger partial charge in [0.15, 0.2) is 11.6 Å². The van der Waals surface area contributed by atoms with Crippen molar-refractivity contribution in [2.75, 3.05) is 0 Å². The second-order valence-electron chi connectivity index (χ2n) is 12.6. The SMILES string of the molecule is CC(=O)OC1C2C(C)(C)C(=O)C=CC2(C)C2CCC3(C)C(=CC(=O)C3c3ccoc3)C2(C)C1OC(C)=O. The number of hydrogen-bond donors (Lipinski definition) is 0. The van der Waals surface area contributed by atoms with E-state index < -0.39 is 57.6 Å². The number of furan rings is 1. The predicted octanol–water partition coefficient (Wildman–Crippen LogP) is 4.96. The van der Waals surface area contributed by atoms with Crippen molar-refractivity contribution in [3.8, 4) is 0 Å². The lowest BCUT2D eigenvalue weighted by molar-refractivity contribution is -0.237. The lowest BCUT2D eigenvalue weighted by atomic mass is 9.37. The molecule has 0 spiro atoms. The van der Waals surface area contributed by atoms with Crippen LogP contribution in [0.3, 0.4) is 0 Å². The number of allylic oxidation sites excluding steroid dienone is 3. The maximum atomic E-state index is 13.6. The molecule has 1 heterocycles. The lowest BCUT2D eigenvalue weighted by Crippen LogP contribution is -2.70. The van der Waals surface area contributed by atoms with Crippen LogP contribution >= 0.6 is 0 Å². The van der Waals surface area contributed by atoms with E-state index in [0.29, 0.717) is 0 Å². The van der Waals surface area contributed by atoms with Gasteiger partial charge in [0, 0.05) is 41.6 Å². The third-order valence-electron chi connectivity index (χ3n) is 10.2. The van der Waals surface area contributed by atoms with Crippen LogP contribution < -0.4 is 0 Å². The van der Waals surface area contributed by atoms with Gasteiger partial charge in [-0.2, -0.15) is 0 Å². The molecule has 0 N–H and O–H groups in total. The molecule has 1 aromatic heterocycles. The van der Waals surface area contributed by atoms with Gasteiger partial charge in [-0.1, -0.05) is 40.7 Å². The Hall–Kier alpha value is -2.96. The Labute approximate surface area is 217 Å². The predicted molar refractivity (Wildman–Crippen MR) is 134 cm³/mol. The fourth-order valence-corrected chi connectivity index (χ4v) is 8.93. The summed E-state index contributed by atoms with van der Waals surface area (Å²) in [7, 11) is 0. The second kappa shape index (κ2) is 8.02. The molecule has 0 radical (unpaired) electrons. The average molecular weight is 509 g/mol. The van der Waals surface area contributed by atoms with Crippen LogP contribution in [0.5, 0.6) is 0 Å². The molecule has 7 nitrogen and oxygen atoms in total. The fourth-order valence-electron chi connectivity index (χ4n) is 8.93. The monoisotopic (exact) mass is 508 g/mol. The van der Waals surface area contributed by atoms with Gasteiger partial charge in [-0.05, 0) is 48.0 Å². The van der Waals surface area contributed by atoms with Gasteiger partial charge in [0.2, 0.25) is 0 Å². The summed E-state index contributed by atoms with van der Waals surface area (Å²) in [4.78, 5) is 51.8. The summed E-state index contributed by atoms with van der Waals surface area (Å²) in [6.45, 7) is 12.7. The maximum Gasteiger partial charge on any atom is 0.303 e. The Morgan fingerprint density at radius 2 is 1.70 bits per heavy atom. The zero-order valence-electron chi connectivity index (χ0n) is 22.6. The van der Waals surface area contributed by atoms with E-state index in [4.69, 9.17) is 13.9 Å². The minimum Gasteiger partial charge on any atom is -0.472 e. The van der Waals surface area contributed by atoms with Gasteiger partial charge in [0.25, 0.3) is 0 Å². The van der Waals surface area contributed by atoms with Crippen molar-refractivity contribution in [3.63, 3.8) is 0 Å². The molecule has 4 aliphatic rings. The number of esters is 2. The molecule has 198 valence electrons. The second-order valence-corrected chi connectivity index (χ2v) is 12.6. The van der Waals surface area contributed by atoms with Gasteiger partial charge in [0.05, 0.1) is 18.4 Å². The third kappa shape index (κ3) is 3.31. The van der Waals surface area contributed by atoms with E-state index in [9.17, 15) is 19.2 Å². The highest BCUT2D eigenvalue weighted by Crippen LogP contribution is 2.72. The largest absolute Gasteiger partial charge is 0.472 e. The third-order valence-corrected chi connectivity index (χ3v) is 10.2. The summed E-state index contributed by atoms with van der Waals surface area (Å²) in [5.41, 5.74) is -1.02. The minimum atomic E-state index is -0.872. The van der Waals surface area contributed by atoms with Crippen LogP contribution in [-0.4, -0.2) is 35.7 Å². The Morgan fingerprint density at radius 1 is 1.03 bits per heavy atom. The van der Waals surface area contributed by atoms with Crippen molar-refractivity contribution in [3.05, 3.63) is 48.0 Å². The highest BCUT2D eigenvalue weighted by Gasteiger charge is 2.73. The Balaban J connectivity index is 1.76. The van der Waals surface area contributed by atoms with E-state index in [1.54, 1.807) is 24.7 Å². The van der Waals surface area contributed by atoms with Crippen LogP contribution in [0.25, 0.3) is 0 Å². The number of ether oxygens (including phenoxy) is 2. The zero-order chi connectivity index (χ0) is 27.1. The van der Waals surface area contributed by atoms with Gasteiger partial charge in [-0.25, -0.2) is 0 Å². The molecule has 0 amide bonds. The highest BCUT2D eigenvalue weighted by atomic mass is 16.6. The molecule has 8 atom stereocenters. The number of ketones is 2. The summed E-state index contributed by atoms with van der Waals surface area (Å²) in [6, 6.07) is 1.83. The molecule has 37 heavy (non-hydrogen) atoms. The van der Waals surface area contributed by atoms with E-state index in [1.807, 2.05) is 26.0 Å². The molecule has 2 saturated carbocycles. The average Bonchev–Trinajstić information content (AvgIpc) is 3.39. The van der Waals surface area contributed by atoms with E-state index in [-0.39, 0.29) is 17.5 Å². The molecule has 0 aromatic carbocycles. The highest BCUT2D eigenvalue weighted by molar-refractivity contribution is 6.01. The summed E-state index contributed by atoms with van der Waals surface area (Å²) in [5.74, 6) is -1.95. The van der Waals surface area contributed by atoms with Crippen molar-refractivity contribution in [1.29, 1.82) is 0 Å². The van der Waals surface area contributed by atoms with Crippen LogP contribution in [0.1, 0.15) is 72.8 Å². The normalized spacial score (nSPS) is 41.8. The molecule has 5 rings (SSSR count). The van der Waals surface area contributed by atoms with E-state index in [2.05, 4.69) is 20.8 Å². The lowest BCUT2D eigenvalue weighted by Gasteiger charge is -2.67. The van der Waals surface area contributed by atoms with Crippen molar-refractivity contribution in [2.24, 2.45) is 33.5 Å². The summed E-state index contributed by atoms with van der Waals surface area (Å²) < 4.78 is 17.5. The number of hydrogen-bond acceptors (Lipinski definition) is 7. The van der Waals surface area contributed by atoms with E-state index in [1.165, 1.54) is 13.8 Å². The van der Waals surface area contributed by atoms with Crippen molar-refractivity contribution in [1.82, 2.24) is 0 Å². The van der Waals surface area contributed by atoms with Gasteiger partial charge in [-0.3, -0.25) is 19.2 Å². The molecule has 1 aromatic rings. The van der Waals surface area contributed by atoms with Crippen molar-refractivity contribution < 1.29 is 33.1 Å². The summed E-state index contributed by atoms with van der Waals surface area (Å²) in [6.07, 6.45) is 8.33. The molecule has 0 bridgehead atoms. The molecule has 4 aliphatic carbocycles. The number of fused-ring (bicyclic) bond motifs is 5. The summed E-state index contributed by atoms with van der Waals surface area (Å²) >= 11 is 0. The molecular formula is C30H36O7. The number of carbonyl (C=O) groups excluding carboxylic acids is 4. The first-order valence-electron chi connectivity index (χ1n) is 13.1. The first-order valence-corrected chi connectivity index (χ1v) is 13.1. The van der Waals surface area contributed by atoms with E-state index in [0.717, 1.165) is 24.0 Å². The first-order chi connectivity index (χ1) is 17.2. The molecule has 7 heteroatoms. The van der Waals surface area contributed by atoms with Gasteiger partial charge >= 0.3 is 11.9 Å². The van der Waals surface area contributed by atoms with Crippen LogP contribution in [0.15, 0.2) is 46.8 Å². The molecule has 0 saturated heterocycles. The minimum absolute atomic E-state index is 0.00615. The molecule has 8 unspecified atom stereocenters. The molecular weight excluding hydrogens is 472 g/mol. The summed E-state index contributed by atoms with van der Waals surface area (Å²) in [5, 5.41) is 0. The molecule has 0 aliphatic heterocycles. The first kappa shape index (κ1) is 25.7. The number of rotatable bonds is 3. The topological polar surface area (TPSA) is 99.9 Å². The Morgan fingerprint density at radius 3 is 2.30 bits per heavy atom. The maximum absolute atomic E-state index is 13.6. The van der Waals surface area contributed by atoms with Crippen molar-refractivity contribution in [2.45, 2.75) is 79.4 Å². The zero-order valence-corrected chi connectivity index (χ0v) is 22.6. The van der Waals surface area contributed by atoms with Crippen molar-refractivity contribution >= 4 is 23.5 Å². The Bertz CT molecular complexity index is 1240.